The molecule has 1 amide bonds. The summed E-state index contributed by atoms with van der Waals surface area (Å²) in [5.74, 6) is 0.829. The van der Waals surface area contributed by atoms with Gasteiger partial charge < -0.3 is 33.7 Å². The van der Waals surface area contributed by atoms with Gasteiger partial charge in [-0.2, -0.15) is 0 Å². The molecule has 1 saturated heterocycles. The lowest BCUT2D eigenvalue weighted by atomic mass is 9.94. The highest BCUT2D eigenvalue weighted by Crippen LogP contribution is 2.43. The first kappa shape index (κ1) is 27.3. The predicted molar refractivity (Wildman–Crippen MR) is 141 cm³/mol. The van der Waals surface area contributed by atoms with Crippen molar-refractivity contribution in [2.24, 2.45) is 5.92 Å². The first-order chi connectivity index (χ1) is 18.3. The van der Waals surface area contributed by atoms with Crippen LogP contribution in [0.15, 0.2) is 42.0 Å². The van der Waals surface area contributed by atoms with Crippen molar-refractivity contribution in [2.75, 3.05) is 46.7 Å². The molecule has 2 aromatic rings. The van der Waals surface area contributed by atoms with Crippen molar-refractivity contribution in [1.29, 1.82) is 0 Å². The average molecular weight is 526 g/mol. The van der Waals surface area contributed by atoms with Crippen LogP contribution in [0.1, 0.15) is 44.4 Å². The van der Waals surface area contributed by atoms with E-state index in [1.54, 1.807) is 36.4 Å². The molecule has 204 valence electrons. The molecule has 1 fully saturated rings. The fraction of sp³-hybridized carbons (Fsp3) is 0.448. The highest BCUT2D eigenvalue weighted by Gasteiger charge is 2.46. The van der Waals surface area contributed by atoms with Crippen molar-refractivity contribution in [1.82, 2.24) is 4.90 Å². The number of benzene rings is 2. The molecule has 2 aliphatic rings. The van der Waals surface area contributed by atoms with Crippen LogP contribution in [-0.4, -0.2) is 68.4 Å². The van der Waals surface area contributed by atoms with Crippen LogP contribution in [0.2, 0.25) is 0 Å². The minimum atomic E-state index is -0.845. The topological polar surface area (TPSA) is 104 Å². The largest absolute Gasteiger partial charge is 0.507 e. The minimum Gasteiger partial charge on any atom is -0.507 e. The van der Waals surface area contributed by atoms with E-state index in [-0.39, 0.29) is 24.5 Å². The van der Waals surface area contributed by atoms with Crippen LogP contribution in [0.3, 0.4) is 0 Å². The Morgan fingerprint density at radius 1 is 1.03 bits per heavy atom. The normalized spacial score (nSPS) is 18.2. The van der Waals surface area contributed by atoms with E-state index >= 15 is 0 Å². The number of carbonyl (C=O) groups excluding carboxylic acids is 2. The molecule has 0 spiro atoms. The Kier molecular flexibility index (Phi) is 8.78. The zero-order valence-corrected chi connectivity index (χ0v) is 22.3. The molecule has 2 heterocycles. The zero-order chi connectivity index (χ0) is 27.2. The lowest BCUT2D eigenvalue weighted by Crippen LogP contribution is -2.32. The van der Waals surface area contributed by atoms with Crippen LogP contribution in [0.4, 0.5) is 0 Å². The van der Waals surface area contributed by atoms with Gasteiger partial charge in [-0.3, -0.25) is 9.59 Å². The van der Waals surface area contributed by atoms with E-state index in [1.807, 2.05) is 6.92 Å². The summed E-state index contributed by atoms with van der Waals surface area (Å²) in [5, 5.41) is 11.4. The Labute approximate surface area is 222 Å². The van der Waals surface area contributed by atoms with Crippen molar-refractivity contribution < 1.29 is 38.4 Å². The third-order valence-corrected chi connectivity index (χ3v) is 6.43. The number of ketones is 1. The monoisotopic (exact) mass is 525 g/mol. The van der Waals surface area contributed by atoms with Crippen LogP contribution in [0, 0.1) is 5.92 Å². The Balaban J connectivity index is 1.78. The standard InChI is InChI=1S/C29H35NO8/c1-5-35-23-16-19(6-8-21(23)36-12-10-18(2)3)26-25(28(32)29(33)30(26)11-13-34-4)27(31)20-7-9-22-24(17-20)38-15-14-37-22/h6-9,16-18,26,31H,5,10-15H2,1-4H3/b27-25+/t26-/m1/s1. The number of amides is 1. The zero-order valence-electron chi connectivity index (χ0n) is 22.3. The quantitative estimate of drug-likeness (QED) is 0.262. The van der Waals surface area contributed by atoms with Gasteiger partial charge >= 0.3 is 0 Å². The van der Waals surface area contributed by atoms with Crippen molar-refractivity contribution >= 4 is 17.4 Å². The number of nitrogens with zero attached hydrogens (tertiary/aromatic N) is 1. The van der Waals surface area contributed by atoms with Crippen LogP contribution in [0.25, 0.3) is 5.76 Å². The summed E-state index contributed by atoms with van der Waals surface area (Å²) in [6.45, 7) is 8.27. The molecule has 9 heteroatoms. The molecule has 1 atom stereocenters. The van der Waals surface area contributed by atoms with E-state index < -0.39 is 17.7 Å². The predicted octanol–water partition coefficient (Wildman–Crippen LogP) is 4.35. The molecule has 38 heavy (non-hydrogen) atoms. The highest BCUT2D eigenvalue weighted by atomic mass is 16.6. The molecule has 0 unspecified atom stereocenters. The van der Waals surface area contributed by atoms with Crippen molar-refractivity contribution in [3.63, 3.8) is 0 Å². The number of carbonyl (C=O) groups is 2. The number of rotatable bonds is 11. The van der Waals surface area contributed by atoms with Crippen LogP contribution >= 0.6 is 0 Å². The maximum Gasteiger partial charge on any atom is 0.295 e. The van der Waals surface area contributed by atoms with Crippen LogP contribution in [0.5, 0.6) is 23.0 Å². The van der Waals surface area contributed by atoms with Gasteiger partial charge in [-0.25, -0.2) is 0 Å². The molecule has 0 aliphatic carbocycles. The summed E-state index contributed by atoms with van der Waals surface area (Å²) in [6, 6.07) is 9.42. The fourth-order valence-corrected chi connectivity index (χ4v) is 4.48. The van der Waals surface area contributed by atoms with Gasteiger partial charge in [0.15, 0.2) is 23.0 Å². The molecular weight excluding hydrogens is 490 g/mol. The van der Waals surface area contributed by atoms with E-state index in [4.69, 9.17) is 23.7 Å². The molecule has 4 rings (SSSR count). The maximum atomic E-state index is 13.3. The highest BCUT2D eigenvalue weighted by molar-refractivity contribution is 6.46. The Bertz CT molecular complexity index is 1210. The van der Waals surface area contributed by atoms with Crippen LogP contribution < -0.4 is 18.9 Å². The lowest BCUT2D eigenvalue weighted by molar-refractivity contribution is -0.140. The van der Waals surface area contributed by atoms with E-state index in [0.29, 0.717) is 66.5 Å². The summed E-state index contributed by atoms with van der Waals surface area (Å²) in [6.07, 6.45) is 0.889. The van der Waals surface area contributed by atoms with Gasteiger partial charge in [-0.05, 0) is 55.2 Å². The number of fused-ring (bicyclic) bond motifs is 1. The average Bonchev–Trinajstić information content (AvgIpc) is 3.16. The third-order valence-electron chi connectivity index (χ3n) is 6.43. The fourth-order valence-electron chi connectivity index (χ4n) is 4.48. The van der Waals surface area contributed by atoms with Crippen LogP contribution in [-0.2, 0) is 14.3 Å². The molecule has 0 bridgehead atoms. The summed E-state index contributed by atoms with van der Waals surface area (Å²) in [7, 11) is 1.53. The molecule has 0 saturated carbocycles. The maximum absolute atomic E-state index is 13.3. The molecule has 0 aromatic heterocycles. The molecule has 9 nitrogen and oxygen atoms in total. The number of hydrogen-bond donors (Lipinski definition) is 1. The summed E-state index contributed by atoms with van der Waals surface area (Å²) in [5.41, 5.74) is 0.945. The van der Waals surface area contributed by atoms with Gasteiger partial charge in [-0.1, -0.05) is 19.9 Å². The molecule has 0 radical (unpaired) electrons. The smallest absolute Gasteiger partial charge is 0.295 e. The van der Waals surface area contributed by atoms with Gasteiger partial charge in [-0.15, -0.1) is 0 Å². The number of likely N-dealkylation sites (tertiary alicyclic amines) is 1. The van der Waals surface area contributed by atoms with Crippen molar-refractivity contribution in [3.8, 4) is 23.0 Å². The Morgan fingerprint density at radius 3 is 2.50 bits per heavy atom. The molecule has 2 aromatic carbocycles. The van der Waals surface area contributed by atoms with E-state index in [2.05, 4.69) is 13.8 Å². The van der Waals surface area contributed by atoms with E-state index in [1.165, 1.54) is 12.0 Å². The summed E-state index contributed by atoms with van der Waals surface area (Å²) >= 11 is 0. The molecular formula is C29H35NO8. The van der Waals surface area contributed by atoms with E-state index in [0.717, 1.165) is 6.42 Å². The Morgan fingerprint density at radius 2 is 1.79 bits per heavy atom. The first-order valence-corrected chi connectivity index (χ1v) is 12.9. The first-order valence-electron chi connectivity index (χ1n) is 12.9. The minimum absolute atomic E-state index is 0.0151. The number of Topliss-reactive ketones (excluding diaryl/α,β-unsaturated/α-hetero) is 1. The third kappa shape index (κ3) is 5.72. The number of methoxy groups -OCH3 is 1. The SMILES string of the molecule is CCOc1cc([C@@H]2/C(=C(\O)c3ccc4c(c3)OCCO4)C(=O)C(=O)N2CCOC)ccc1OCCC(C)C. The number of hydrogen-bond acceptors (Lipinski definition) is 8. The Hall–Kier alpha value is -3.72. The van der Waals surface area contributed by atoms with Gasteiger partial charge in [0.05, 0.1) is 31.4 Å². The summed E-state index contributed by atoms with van der Waals surface area (Å²) in [4.78, 5) is 27.8. The second-order valence-electron chi connectivity index (χ2n) is 9.51. The van der Waals surface area contributed by atoms with Gasteiger partial charge in [0.1, 0.15) is 19.0 Å². The second-order valence-corrected chi connectivity index (χ2v) is 9.51. The second kappa shape index (κ2) is 12.2. The van der Waals surface area contributed by atoms with Gasteiger partial charge in [0.25, 0.3) is 11.7 Å². The number of aliphatic hydroxyl groups is 1. The van der Waals surface area contributed by atoms with Gasteiger partial charge in [0.2, 0.25) is 0 Å². The molecule has 2 aliphatic heterocycles. The lowest BCUT2D eigenvalue weighted by Gasteiger charge is -2.26. The van der Waals surface area contributed by atoms with Crippen molar-refractivity contribution in [2.45, 2.75) is 33.2 Å². The van der Waals surface area contributed by atoms with E-state index in [9.17, 15) is 14.7 Å². The number of ether oxygens (including phenoxy) is 5. The van der Waals surface area contributed by atoms with Gasteiger partial charge in [0, 0.05) is 19.2 Å². The summed E-state index contributed by atoms with van der Waals surface area (Å²) < 4.78 is 28.2. The van der Waals surface area contributed by atoms with Crippen molar-refractivity contribution in [3.05, 3.63) is 53.1 Å². The number of aliphatic hydroxyl groups excluding tert-OH is 1. The molecule has 1 N–H and O–H groups in total.